The minimum absolute atomic E-state index is 0.466. The summed E-state index contributed by atoms with van der Waals surface area (Å²) in [5.41, 5.74) is 1.12. The Labute approximate surface area is 145 Å². The average molecular weight is 366 g/mol. The molecule has 0 fully saturated rings. The van der Waals surface area contributed by atoms with Crippen molar-refractivity contribution in [1.82, 2.24) is 9.36 Å². The van der Waals surface area contributed by atoms with Gasteiger partial charge in [-0.15, -0.1) is 11.8 Å². The van der Waals surface area contributed by atoms with E-state index in [1.165, 1.54) is 29.2 Å². The first-order valence-corrected chi connectivity index (χ1v) is 8.87. The Morgan fingerprint density at radius 1 is 1.08 bits per heavy atom. The fourth-order valence-corrected chi connectivity index (χ4v) is 3.74. The molecule has 1 heterocycles. The first-order chi connectivity index (χ1) is 11.4. The minimum Gasteiger partial charge on any atom is -0.219 e. The Morgan fingerprint density at radius 3 is 2.50 bits per heavy atom. The van der Waals surface area contributed by atoms with Gasteiger partial charge in [-0.25, -0.2) is 4.98 Å². The summed E-state index contributed by atoms with van der Waals surface area (Å²) in [4.78, 5) is 5.57. The van der Waals surface area contributed by atoms with Gasteiger partial charge in [0.05, 0.1) is 11.3 Å². The normalized spacial score (nSPS) is 11.7. The molecule has 0 saturated heterocycles. The van der Waals surface area contributed by atoms with Crippen LogP contribution in [0.4, 0.5) is 13.2 Å². The Morgan fingerprint density at radius 2 is 1.83 bits per heavy atom. The van der Waals surface area contributed by atoms with Crippen LogP contribution in [0.5, 0.6) is 0 Å². The molecule has 0 bridgehead atoms. The molecular formula is C17H13F3N2S2. The van der Waals surface area contributed by atoms with Gasteiger partial charge in [-0.3, -0.25) is 0 Å². The highest BCUT2D eigenvalue weighted by Crippen LogP contribution is 2.31. The smallest absolute Gasteiger partial charge is 0.219 e. The molecule has 0 saturated carbocycles. The summed E-state index contributed by atoms with van der Waals surface area (Å²) in [5.74, 6) is 1.15. The first kappa shape index (κ1) is 17.0. The van der Waals surface area contributed by atoms with Crippen molar-refractivity contribution in [3.8, 4) is 11.4 Å². The fraction of sp³-hybridized carbons (Fsp3) is 0.176. The van der Waals surface area contributed by atoms with Crippen molar-refractivity contribution in [3.05, 3.63) is 64.7 Å². The zero-order chi connectivity index (χ0) is 17.2. The molecule has 124 valence electrons. The van der Waals surface area contributed by atoms with Gasteiger partial charge in [0.25, 0.3) is 0 Å². The van der Waals surface area contributed by atoms with Gasteiger partial charge in [0, 0.05) is 10.5 Å². The van der Waals surface area contributed by atoms with E-state index in [0.717, 1.165) is 22.0 Å². The van der Waals surface area contributed by atoms with Crippen molar-refractivity contribution in [1.29, 1.82) is 0 Å². The molecule has 0 spiro atoms. The number of nitrogens with zero attached hydrogens (tertiary/aromatic N) is 2. The van der Waals surface area contributed by atoms with Crippen LogP contribution >= 0.6 is 23.3 Å². The third-order valence-electron chi connectivity index (χ3n) is 3.29. The summed E-state index contributed by atoms with van der Waals surface area (Å²) in [6.45, 7) is 2.04. The summed E-state index contributed by atoms with van der Waals surface area (Å²) in [6.07, 6.45) is -4.33. The molecule has 24 heavy (non-hydrogen) atoms. The predicted molar refractivity (Wildman–Crippen MR) is 91.1 cm³/mol. The van der Waals surface area contributed by atoms with E-state index >= 15 is 0 Å². The van der Waals surface area contributed by atoms with E-state index in [4.69, 9.17) is 0 Å². The third-order valence-corrected chi connectivity index (χ3v) is 5.19. The number of benzene rings is 2. The highest BCUT2D eigenvalue weighted by Gasteiger charge is 2.30. The molecule has 3 aromatic rings. The minimum atomic E-state index is -4.33. The second-order valence-corrected chi connectivity index (χ2v) is 7.08. The first-order valence-electron chi connectivity index (χ1n) is 7.11. The Balaban J connectivity index is 1.69. The molecule has 7 heteroatoms. The molecule has 0 unspecified atom stereocenters. The van der Waals surface area contributed by atoms with Crippen LogP contribution in [0.1, 0.15) is 16.1 Å². The molecule has 0 N–H and O–H groups in total. The maximum absolute atomic E-state index is 12.6. The number of rotatable bonds is 4. The van der Waals surface area contributed by atoms with Crippen LogP contribution in [-0.4, -0.2) is 9.36 Å². The van der Waals surface area contributed by atoms with E-state index in [1.54, 1.807) is 11.8 Å². The molecule has 2 nitrogen and oxygen atoms in total. The van der Waals surface area contributed by atoms with Crippen LogP contribution in [-0.2, 0) is 11.9 Å². The van der Waals surface area contributed by atoms with Crippen LogP contribution in [0, 0.1) is 6.92 Å². The maximum Gasteiger partial charge on any atom is 0.416 e. The van der Waals surface area contributed by atoms with Gasteiger partial charge in [-0.05, 0) is 42.7 Å². The Hall–Kier alpha value is -1.86. The molecular weight excluding hydrogens is 353 g/mol. The van der Waals surface area contributed by atoms with Gasteiger partial charge in [-0.2, -0.15) is 17.5 Å². The number of thioether (sulfide) groups is 1. The number of hydrogen-bond donors (Lipinski definition) is 0. The Kier molecular flexibility index (Phi) is 4.91. The second kappa shape index (κ2) is 6.94. The SMILES string of the molecule is Cc1cccc(SCc2nc(-c3ccc(C(F)(F)F)cc3)ns2)c1. The van der Waals surface area contributed by atoms with E-state index in [0.29, 0.717) is 17.1 Å². The van der Waals surface area contributed by atoms with E-state index in [9.17, 15) is 13.2 Å². The molecule has 0 amide bonds. The zero-order valence-corrected chi connectivity index (χ0v) is 14.3. The van der Waals surface area contributed by atoms with Crippen LogP contribution in [0.15, 0.2) is 53.4 Å². The van der Waals surface area contributed by atoms with Gasteiger partial charge in [0.1, 0.15) is 5.01 Å². The van der Waals surface area contributed by atoms with E-state index in [-0.39, 0.29) is 0 Å². The van der Waals surface area contributed by atoms with E-state index in [2.05, 4.69) is 15.4 Å². The summed E-state index contributed by atoms with van der Waals surface area (Å²) < 4.78 is 42.0. The molecule has 0 atom stereocenters. The van der Waals surface area contributed by atoms with Gasteiger partial charge in [0.2, 0.25) is 0 Å². The highest BCUT2D eigenvalue weighted by atomic mass is 32.2. The molecule has 0 aliphatic carbocycles. The Bertz CT molecular complexity index is 826. The monoisotopic (exact) mass is 366 g/mol. The van der Waals surface area contributed by atoms with Gasteiger partial charge in [0.15, 0.2) is 5.82 Å². The average Bonchev–Trinajstić information content (AvgIpc) is 3.01. The standard InChI is InChI=1S/C17H13F3N2S2/c1-11-3-2-4-14(9-11)23-10-15-21-16(22-24-15)12-5-7-13(8-6-12)17(18,19)20/h2-9H,10H2,1H3. The van der Waals surface area contributed by atoms with Crippen LogP contribution in [0.3, 0.4) is 0 Å². The molecule has 3 rings (SSSR count). The quantitative estimate of drug-likeness (QED) is 0.544. The lowest BCUT2D eigenvalue weighted by Gasteiger charge is -2.06. The summed E-state index contributed by atoms with van der Waals surface area (Å²) >= 11 is 2.93. The summed E-state index contributed by atoms with van der Waals surface area (Å²) in [7, 11) is 0. The number of aromatic nitrogens is 2. The molecule has 0 aliphatic rings. The van der Waals surface area contributed by atoms with Crippen molar-refractivity contribution in [2.45, 2.75) is 23.7 Å². The lowest BCUT2D eigenvalue weighted by atomic mass is 10.1. The van der Waals surface area contributed by atoms with Crippen LogP contribution in [0.25, 0.3) is 11.4 Å². The largest absolute Gasteiger partial charge is 0.416 e. The summed E-state index contributed by atoms with van der Waals surface area (Å²) in [5, 5.41) is 0.844. The zero-order valence-electron chi connectivity index (χ0n) is 12.7. The highest BCUT2D eigenvalue weighted by molar-refractivity contribution is 7.98. The predicted octanol–water partition coefficient (Wildman–Crippen LogP) is 5.82. The van der Waals surface area contributed by atoms with Crippen LogP contribution in [0.2, 0.25) is 0 Å². The van der Waals surface area contributed by atoms with E-state index < -0.39 is 11.7 Å². The molecule has 0 radical (unpaired) electrons. The molecule has 0 aliphatic heterocycles. The number of hydrogen-bond acceptors (Lipinski definition) is 4. The van der Waals surface area contributed by atoms with E-state index in [1.807, 2.05) is 25.1 Å². The van der Waals surface area contributed by atoms with Crippen molar-refractivity contribution in [2.75, 3.05) is 0 Å². The number of aryl methyl sites for hydroxylation is 1. The van der Waals surface area contributed by atoms with Gasteiger partial charge < -0.3 is 0 Å². The topological polar surface area (TPSA) is 25.8 Å². The van der Waals surface area contributed by atoms with Crippen molar-refractivity contribution in [3.63, 3.8) is 0 Å². The van der Waals surface area contributed by atoms with Crippen molar-refractivity contribution >= 4 is 23.3 Å². The lowest BCUT2D eigenvalue weighted by Crippen LogP contribution is -2.04. The third kappa shape index (κ3) is 4.15. The maximum atomic E-state index is 12.6. The summed E-state index contributed by atoms with van der Waals surface area (Å²) in [6, 6.07) is 13.1. The van der Waals surface area contributed by atoms with Gasteiger partial charge >= 0.3 is 6.18 Å². The van der Waals surface area contributed by atoms with Crippen molar-refractivity contribution < 1.29 is 13.2 Å². The molecule has 2 aromatic carbocycles. The number of halogens is 3. The fourth-order valence-electron chi connectivity index (χ4n) is 2.09. The van der Waals surface area contributed by atoms with Gasteiger partial charge in [-0.1, -0.05) is 29.8 Å². The second-order valence-electron chi connectivity index (χ2n) is 5.19. The van der Waals surface area contributed by atoms with Crippen molar-refractivity contribution in [2.24, 2.45) is 0 Å². The molecule has 1 aromatic heterocycles. The number of alkyl halides is 3. The van der Waals surface area contributed by atoms with Crippen LogP contribution < -0.4 is 0 Å². The lowest BCUT2D eigenvalue weighted by molar-refractivity contribution is -0.137.